The molecule has 1 atom stereocenters. The second-order valence-electron chi connectivity index (χ2n) is 5.58. The largest absolute Gasteiger partial charge is 0.307 e. The summed E-state index contributed by atoms with van der Waals surface area (Å²) in [5.74, 6) is 1.85. The minimum absolute atomic E-state index is 0.310. The van der Waals surface area contributed by atoms with E-state index in [1.165, 1.54) is 17.2 Å². The van der Waals surface area contributed by atoms with Crippen molar-refractivity contribution in [3.63, 3.8) is 0 Å². The summed E-state index contributed by atoms with van der Waals surface area (Å²) in [7, 11) is 0. The number of nitrogens with zero attached hydrogens (tertiary/aromatic N) is 3. The molecule has 2 heterocycles. The van der Waals surface area contributed by atoms with Gasteiger partial charge in [0.15, 0.2) is 0 Å². The van der Waals surface area contributed by atoms with Gasteiger partial charge in [0.2, 0.25) is 0 Å². The SMILES string of the molecule is Cc1nc([C@@H]2CCCN2)n(-c2cccc3ccccc23)n1. The van der Waals surface area contributed by atoms with Gasteiger partial charge in [0.05, 0.1) is 11.7 Å². The molecule has 4 heteroatoms. The van der Waals surface area contributed by atoms with E-state index in [1.54, 1.807) is 0 Å². The van der Waals surface area contributed by atoms with Gasteiger partial charge in [0.25, 0.3) is 0 Å². The molecule has 0 radical (unpaired) electrons. The Labute approximate surface area is 123 Å². The van der Waals surface area contributed by atoms with Crippen LogP contribution < -0.4 is 5.32 Å². The predicted octanol–water partition coefficient (Wildman–Crippen LogP) is 3.15. The zero-order valence-corrected chi connectivity index (χ0v) is 12.1. The molecule has 4 nitrogen and oxygen atoms in total. The van der Waals surface area contributed by atoms with E-state index in [2.05, 4.69) is 57.9 Å². The number of aryl methyl sites for hydroxylation is 1. The Balaban J connectivity index is 1.92. The second-order valence-corrected chi connectivity index (χ2v) is 5.58. The van der Waals surface area contributed by atoms with E-state index in [0.29, 0.717) is 6.04 Å². The quantitative estimate of drug-likeness (QED) is 0.783. The van der Waals surface area contributed by atoms with Crippen LogP contribution in [0.4, 0.5) is 0 Å². The van der Waals surface area contributed by atoms with Crippen molar-refractivity contribution >= 4 is 10.8 Å². The van der Waals surface area contributed by atoms with E-state index in [4.69, 9.17) is 0 Å². The summed E-state index contributed by atoms with van der Waals surface area (Å²) < 4.78 is 2.01. The highest BCUT2D eigenvalue weighted by atomic mass is 15.4. The van der Waals surface area contributed by atoms with Gasteiger partial charge in [-0.15, -0.1) is 0 Å². The van der Waals surface area contributed by atoms with Crippen molar-refractivity contribution in [3.05, 3.63) is 54.1 Å². The number of fused-ring (bicyclic) bond motifs is 1. The third kappa shape index (κ3) is 2.12. The molecule has 0 aliphatic carbocycles. The molecule has 0 saturated carbocycles. The molecule has 1 aromatic heterocycles. The molecule has 1 aliphatic heterocycles. The molecule has 106 valence electrons. The third-order valence-corrected chi connectivity index (χ3v) is 4.10. The number of hydrogen-bond acceptors (Lipinski definition) is 3. The van der Waals surface area contributed by atoms with E-state index in [0.717, 1.165) is 30.3 Å². The van der Waals surface area contributed by atoms with Crippen LogP contribution in [0.15, 0.2) is 42.5 Å². The van der Waals surface area contributed by atoms with Gasteiger partial charge in [-0.1, -0.05) is 36.4 Å². The fraction of sp³-hybridized carbons (Fsp3) is 0.294. The molecule has 1 saturated heterocycles. The van der Waals surface area contributed by atoms with E-state index < -0.39 is 0 Å². The zero-order chi connectivity index (χ0) is 14.2. The van der Waals surface area contributed by atoms with Crippen molar-refractivity contribution in [2.75, 3.05) is 6.54 Å². The average molecular weight is 278 g/mol. The normalized spacial score (nSPS) is 18.4. The van der Waals surface area contributed by atoms with E-state index in [-0.39, 0.29) is 0 Å². The highest BCUT2D eigenvalue weighted by Gasteiger charge is 2.23. The minimum atomic E-state index is 0.310. The van der Waals surface area contributed by atoms with Crippen LogP contribution in [0.3, 0.4) is 0 Å². The Kier molecular flexibility index (Phi) is 2.97. The van der Waals surface area contributed by atoms with E-state index in [9.17, 15) is 0 Å². The number of rotatable bonds is 2. The Hall–Kier alpha value is -2.20. The highest BCUT2D eigenvalue weighted by molar-refractivity contribution is 5.90. The summed E-state index contributed by atoms with van der Waals surface area (Å²) >= 11 is 0. The summed E-state index contributed by atoms with van der Waals surface area (Å²) in [6.07, 6.45) is 2.33. The monoisotopic (exact) mass is 278 g/mol. The van der Waals surface area contributed by atoms with Crippen molar-refractivity contribution in [2.24, 2.45) is 0 Å². The maximum atomic E-state index is 4.67. The number of aromatic nitrogens is 3. The van der Waals surface area contributed by atoms with Crippen molar-refractivity contribution in [3.8, 4) is 5.69 Å². The van der Waals surface area contributed by atoms with Gasteiger partial charge in [-0.25, -0.2) is 9.67 Å². The molecule has 1 aliphatic rings. The molecule has 0 bridgehead atoms. The molecule has 4 rings (SSSR count). The Morgan fingerprint density at radius 3 is 2.86 bits per heavy atom. The molecular weight excluding hydrogens is 260 g/mol. The first-order chi connectivity index (χ1) is 10.3. The number of hydrogen-bond donors (Lipinski definition) is 1. The molecule has 2 aromatic carbocycles. The second kappa shape index (κ2) is 4.97. The van der Waals surface area contributed by atoms with Crippen molar-refractivity contribution < 1.29 is 0 Å². The Morgan fingerprint density at radius 2 is 2.00 bits per heavy atom. The van der Waals surface area contributed by atoms with Crippen molar-refractivity contribution in [1.29, 1.82) is 0 Å². The zero-order valence-electron chi connectivity index (χ0n) is 12.1. The van der Waals surface area contributed by atoms with Gasteiger partial charge in [-0.3, -0.25) is 0 Å². The van der Waals surface area contributed by atoms with Crippen LogP contribution in [0.25, 0.3) is 16.5 Å². The van der Waals surface area contributed by atoms with Crippen molar-refractivity contribution in [2.45, 2.75) is 25.8 Å². The Bertz CT molecular complexity index is 779. The maximum Gasteiger partial charge on any atom is 0.149 e. The maximum absolute atomic E-state index is 4.67. The van der Waals surface area contributed by atoms with Crippen LogP contribution in [0, 0.1) is 6.92 Å². The molecule has 0 unspecified atom stereocenters. The van der Waals surface area contributed by atoms with E-state index >= 15 is 0 Å². The lowest BCUT2D eigenvalue weighted by atomic mass is 10.1. The highest BCUT2D eigenvalue weighted by Crippen LogP contribution is 2.27. The van der Waals surface area contributed by atoms with Gasteiger partial charge < -0.3 is 5.32 Å². The molecule has 1 N–H and O–H groups in total. The first-order valence-corrected chi connectivity index (χ1v) is 7.48. The van der Waals surface area contributed by atoms with Gasteiger partial charge in [-0.05, 0) is 37.8 Å². The molecule has 0 spiro atoms. The number of benzene rings is 2. The molecule has 1 fully saturated rings. The molecule has 3 aromatic rings. The summed E-state index contributed by atoms with van der Waals surface area (Å²) in [6.45, 7) is 3.02. The van der Waals surface area contributed by atoms with Crippen LogP contribution in [-0.2, 0) is 0 Å². The van der Waals surface area contributed by atoms with Gasteiger partial charge in [0, 0.05) is 5.39 Å². The van der Waals surface area contributed by atoms with Gasteiger partial charge in [-0.2, -0.15) is 5.10 Å². The summed E-state index contributed by atoms with van der Waals surface area (Å²) in [4.78, 5) is 4.67. The predicted molar refractivity (Wildman–Crippen MR) is 83.6 cm³/mol. The lowest BCUT2D eigenvalue weighted by Gasteiger charge is -2.13. The summed E-state index contributed by atoms with van der Waals surface area (Å²) in [5.41, 5.74) is 1.11. The van der Waals surface area contributed by atoms with Crippen LogP contribution >= 0.6 is 0 Å². The topological polar surface area (TPSA) is 42.7 Å². The first kappa shape index (κ1) is 12.5. The fourth-order valence-corrected chi connectivity index (χ4v) is 3.13. The summed E-state index contributed by atoms with van der Waals surface area (Å²) in [6, 6.07) is 15.1. The fourth-order valence-electron chi connectivity index (χ4n) is 3.13. The average Bonchev–Trinajstić information content (AvgIpc) is 3.15. The van der Waals surface area contributed by atoms with Crippen molar-refractivity contribution in [1.82, 2.24) is 20.1 Å². The Morgan fingerprint density at radius 1 is 1.14 bits per heavy atom. The molecular formula is C17H18N4. The van der Waals surface area contributed by atoms with Crippen LogP contribution in [0.2, 0.25) is 0 Å². The van der Waals surface area contributed by atoms with Crippen LogP contribution in [-0.4, -0.2) is 21.3 Å². The lowest BCUT2D eigenvalue weighted by Crippen LogP contribution is -2.18. The van der Waals surface area contributed by atoms with Crippen LogP contribution in [0.1, 0.15) is 30.5 Å². The lowest BCUT2D eigenvalue weighted by molar-refractivity contribution is 0.584. The third-order valence-electron chi connectivity index (χ3n) is 4.10. The van der Waals surface area contributed by atoms with E-state index in [1.807, 2.05) is 11.6 Å². The van der Waals surface area contributed by atoms with Crippen LogP contribution in [0.5, 0.6) is 0 Å². The minimum Gasteiger partial charge on any atom is -0.307 e. The van der Waals surface area contributed by atoms with Gasteiger partial charge >= 0.3 is 0 Å². The van der Waals surface area contributed by atoms with Gasteiger partial charge in [0.1, 0.15) is 11.6 Å². The number of nitrogens with one attached hydrogen (secondary N) is 1. The summed E-state index contributed by atoms with van der Waals surface area (Å²) in [5, 5.41) is 10.6. The molecule has 0 amide bonds. The standard InChI is InChI=1S/C17H18N4/c1-12-19-17(15-9-5-11-18-15)21(20-12)16-10-4-7-13-6-2-3-8-14(13)16/h2-4,6-8,10,15,18H,5,9,11H2,1H3/t15-/m0/s1. The molecule has 21 heavy (non-hydrogen) atoms. The smallest absolute Gasteiger partial charge is 0.149 e. The first-order valence-electron chi connectivity index (χ1n) is 7.48.